The Morgan fingerprint density at radius 2 is 2.00 bits per heavy atom. The minimum atomic E-state index is -0.434. The lowest BCUT2D eigenvalue weighted by Gasteiger charge is -2.38. The van der Waals surface area contributed by atoms with E-state index in [0.717, 1.165) is 73.8 Å². The van der Waals surface area contributed by atoms with Crippen LogP contribution in [0.1, 0.15) is 55.9 Å². The van der Waals surface area contributed by atoms with Crippen LogP contribution in [0.5, 0.6) is 0 Å². The number of fused-ring (bicyclic) bond motifs is 1. The van der Waals surface area contributed by atoms with Gasteiger partial charge in [-0.1, -0.05) is 18.2 Å². The Hall–Kier alpha value is -3.00. The fraction of sp³-hybridized carbons (Fsp3) is 0.520. The molecule has 3 aromatic rings. The van der Waals surface area contributed by atoms with Crippen molar-refractivity contribution in [2.75, 3.05) is 18.0 Å². The topological polar surface area (TPSA) is 93.3 Å². The van der Waals surface area contributed by atoms with E-state index in [2.05, 4.69) is 29.5 Å². The van der Waals surface area contributed by atoms with Crippen molar-refractivity contribution in [3.05, 3.63) is 52.5 Å². The van der Waals surface area contributed by atoms with Crippen LogP contribution in [0.15, 0.2) is 39.7 Å². The standard InChI is InChI=1S/C25H31N5O3/c1-16-5-3-6-17-12-14-27-22(21(16)17)30(20-7-4-13-26-15-20)24(31)19-10-8-18(9-11-19)23-28-29(2)25(32)33-23/h3,5-6,12,14,18-20,26H,4,7-11,13,15H2,1-2H3/t18?,19?,20-/m1/s1. The molecule has 2 aliphatic rings. The van der Waals surface area contributed by atoms with Gasteiger partial charge in [0.05, 0.1) is 6.04 Å². The second-order valence-electron chi connectivity index (χ2n) is 9.39. The van der Waals surface area contributed by atoms with E-state index in [4.69, 9.17) is 9.40 Å². The van der Waals surface area contributed by atoms with Crippen LogP contribution in [-0.2, 0) is 11.8 Å². The third-order valence-corrected chi connectivity index (χ3v) is 7.21. The molecule has 0 unspecified atom stereocenters. The average molecular weight is 450 g/mol. The van der Waals surface area contributed by atoms with Crippen LogP contribution in [-0.4, -0.2) is 39.8 Å². The van der Waals surface area contributed by atoms with Crippen molar-refractivity contribution in [2.45, 2.75) is 57.4 Å². The largest absolute Gasteiger partial charge is 0.436 e. The molecule has 1 saturated carbocycles. The van der Waals surface area contributed by atoms with Crippen molar-refractivity contribution in [3.63, 3.8) is 0 Å². The van der Waals surface area contributed by atoms with E-state index in [-0.39, 0.29) is 23.8 Å². The summed E-state index contributed by atoms with van der Waals surface area (Å²) in [6.45, 7) is 3.85. The summed E-state index contributed by atoms with van der Waals surface area (Å²) in [5.41, 5.74) is 1.13. The zero-order valence-electron chi connectivity index (χ0n) is 19.3. The Balaban J connectivity index is 1.43. The molecule has 2 aromatic heterocycles. The van der Waals surface area contributed by atoms with E-state index in [9.17, 15) is 9.59 Å². The van der Waals surface area contributed by atoms with Crippen molar-refractivity contribution < 1.29 is 9.21 Å². The molecule has 174 valence electrons. The van der Waals surface area contributed by atoms with Gasteiger partial charge in [0.15, 0.2) is 0 Å². The highest BCUT2D eigenvalue weighted by atomic mass is 16.4. The first-order valence-electron chi connectivity index (χ1n) is 11.9. The molecule has 3 heterocycles. The number of amides is 1. The highest BCUT2D eigenvalue weighted by Crippen LogP contribution is 2.38. The van der Waals surface area contributed by atoms with Crippen LogP contribution >= 0.6 is 0 Å². The number of aromatic nitrogens is 3. The summed E-state index contributed by atoms with van der Waals surface area (Å²) in [4.78, 5) is 32.4. The zero-order chi connectivity index (χ0) is 22.9. The molecule has 33 heavy (non-hydrogen) atoms. The second-order valence-corrected chi connectivity index (χ2v) is 9.39. The van der Waals surface area contributed by atoms with Gasteiger partial charge in [0.25, 0.3) is 0 Å². The molecule has 5 rings (SSSR count). The summed E-state index contributed by atoms with van der Waals surface area (Å²) in [6.07, 6.45) is 6.91. The van der Waals surface area contributed by atoms with E-state index in [1.54, 1.807) is 7.05 Å². The molecule has 1 aromatic carbocycles. The Morgan fingerprint density at radius 1 is 1.18 bits per heavy atom. The van der Waals surface area contributed by atoms with E-state index in [0.29, 0.717) is 5.89 Å². The number of hydrogen-bond acceptors (Lipinski definition) is 6. The van der Waals surface area contributed by atoms with Crippen molar-refractivity contribution in [3.8, 4) is 0 Å². The lowest BCUT2D eigenvalue weighted by Crippen LogP contribution is -2.51. The van der Waals surface area contributed by atoms with Crippen LogP contribution in [0.4, 0.5) is 5.82 Å². The van der Waals surface area contributed by atoms with E-state index in [1.165, 1.54) is 4.68 Å². The summed E-state index contributed by atoms with van der Waals surface area (Å²) in [5.74, 6) is 1.02. The van der Waals surface area contributed by atoms with E-state index in [1.807, 2.05) is 23.2 Å². The first-order valence-corrected chi connectivity index (χ1v) is 11.9. The molecule has 1 atom stereocenters. The molecule has 0 radical (unpaired) electrons. The van der Waals surface area contributed by atoms with Gasteiger partial charge in [-0.3, -0.25) is 9.69 Å². The quantitative estimate of drug-likeness (QED) is 0.657. The summed E-state index contributed by atoms with van der Waals surface area (Å²) < 4.78 is 6.54. The van der Waals surface area contributed by atoms with Crippen molar-refractivity contribution >= 4 is 22.5 Å². The normalized spacial score (nSPS) is 23.5. The zero-order valence-corrected chi connectivity index (χ0v) is 19.3. The van der Waals surface area contributed by atoms with Gasteiger partial charge in [0.2, 0.25) is 11.8 Å². The number of benzene rings is 1. The molecule has 0 spiro atoms. The molecule has 1 saturated heterocycles. The van der Waals surface area contributed by atoms with Gasteiger partial charge in [-0.05, 0) is 69.0 Å². The summed E-state index contributed by atoms with van der Waals surface area (Å²) in [5, 5.41) is 9.86. The monoisotopic (exact) mass is 449 g/mol. The summed E-state index contributed by atoms with van der Waals surface area (Å²) in [7, 11) is 1.60. The highest BCUT2D eigenvalue weighted by molar-refractivity contribution is 6.04. The van der Waals surface area contributed by atoms with Crippen molar-refractivity contribution in [1.82, 2.24) is 20.1 Å². The van der Waals surface area contributed by atoms with Crippen LogP contribution < -0.4 is 16.0 Å². The molecule has 1 aliphatic carbocycles. The summed E-state index contributed by atoms with van der Waals surface area (Å²) in [6, 6.07) is 8.32. The van der Waals surface area contributed by atoms with Crippen LogP contribution in [0.25, 0.3) is 10.8 Å². The molecule has 1 N–H and O–H groups in total. The minimum absolute atomic E-state index is 0.0697. The van der Waals surface area contributed by atoms with Gasteiger partial charge in [-0.25, -0.2) is 9.78 Å². The number of carbonyl (C=O) groups excluding carboxylic acids is 1. The third-order valence-electron chi connectivity index (χ3n) is 7.21. The minimum Gasteiger partial charge on any atom is -0.392 e. The Bertz CT molecular complexity index is 1200. The number of anilines is 1. The number of carbonyl (C=O) groups is 1. The maximum atomic E-state index is 14.0. The SMILES string of the molecule is Cc1cccc2ccnc(N(C(=O)C3CCC(c4nn(C)c(=O)o4)CC3)[C@@H]3CCCNC3)c12. The highest BCUT2D eigenvalue weighted by Gasteiger charge is 2.37. The molecule has 1 aliphatic heterocycles. The smallest absolute Gasteiger partial charge is 0.392 e. The van der Waals surface area contributed by atoms with Gasteiger partial charge >= 0.3 is 5.76 Å². The third kappa shape index (κ3) is 4.19. The lowest BCUT2D eigenvalue weighted by molar-refractivity contribution is -0.124. The number of hydrogen-bond donors (Lipinski definition) is 1. The summed E-state index contributed by atoms with van der Waals surface area (Å²) >= 11 is 0. The van der Waals surface area contributed by atoms with Gasteiger partial charge < -0.3 is 9.73 Å². The Labute approximate surface area is 193 Å². The van der Waals surface area contributed by atoms with Crippen LogP contribution in [0.2, 0.25) is 0 Å². The molecule has 8 nitrogen and oxygen atoms in total. The fourth-order valence-electron chi connectivity index (χ4n) is 5.39. The molecular weight excluding hydrogens is 418 g/mol. The van der Waals surface area contributed by atoms with Crippen molar-refractivity contribution in [2.24, 2.45) is 13.0 Å². The lowest BCUT2D eigenvalue weighted by atomic mass is 9.81. The van der Waals surface area contributed by atoms with Crippen LogP contribution in [0.3, 0.4) is 0 Å². The predicted octanol–water partition coefficient (Wildman–Crippen LogP) is 3.29. The Kier molecular flexibility index (Phi) is 6.01. The van der Waals surface area contributed by atoms with E-state index >= 15 is 0 Å². The molecule has 0 bridgehead atoms. The van der Waals surface area contributed by atoms with Crippen molar-refractivity contribution in [1.29, 1.82) is 0 Å². The first-order chi connectivity index (χ1) is 16.0. The fourth-order valence-corrected chi connectivity index (χ4v) is 5.39. The Morgan fingerprint density at radius 3 is 2.70 bits per heavy atom. The number of aryl methyl sites for hydroxylation is 2. The van der Waals surface area contributed by atoms with Gasteiger partial charge in [0, 0.05) is 37.0 Å². The predicted molar refractivity (Wildman–Crippen MR) is 126 cm³/mol. The molecule has 1 amide bonds. The number of rotatable bonds is 4. The number of piperidine rings is 1. The average Bonchev–Trinajstić information content (AvgIpc) is 3.18. The number of nitrogens with zero attached hydrogens (tertiary/aromatic N) is 4. The first kappa shape index (κ1) is 21.8. The van der Waals surface area contributed by atoms with Gasteiger partial charge in [-0.15, -0.1) is 5.10 Å². The number of pyridine rings is 1. The van der Waals surface area contributed by atoms with Crippen LogP contribution in [0, 0.1) is 12.8 Å². The second kappa shape index (κ2) is 9.09. The van der Waals surface area contributed by atoms with Gasteiger partial charge in [0.1, 0.15) is 5.82 Å². The molecule has 2 fully saturated rings. The maximum absolute atomic E-state index is 14.0. The molecular formula is C25H31N5O3. The van der Waals surface area contributed by atoms with E-state index < -0.39 is 5.76 Å². The number of nitrogens with one attached hydrogen (secondary N) is 1. The molecule has 8 heteroatoms. The van der Waals surface area contributed by atoms with Gasteiger partial charge in [-0.2, -0.15) is 4.68 Å². The maximum Gasteiger partial charge on any atom is 0.436 e.